The van der Waals surface area contributed by atoms with Gasteiger partial charge in [-0.3, -0.25) is 4.79 Å². The highest BCUT2D eigenvalue weighted by molar-refractivity contribution is 7.99. The molecule has 116 valence electrons. The molecule has 0 aliphatic heterocycles. The smallest absolute Gasteiger partial charge is 0.306 e. The average Bonchev–Trinajstić information content (AvgIpc) is 3.18. The van der Waals surface area contributed by atoms with Crippen LogP contribution in [0.5, 0.6) is 0 Å². The van der Waals surface area contributed by atoms with Crippen LogP contribution in [-0.4, -0.2) is 24.9 Å². The van der Waals surface area contributed by atoms with Crippen LogP contribution in [0.1, 0.15) is 37.0 Å². The fourth-order valence-corrected chi connectivity index (χ4v) is 4.19. The summed E-state index contributed by atoms with van der Waals surface area (Å²) in [6, 6.07) is 7.89. The molecule has 2 rings (SSSR count). The minimum absolute atomic E-state index is 0.0300. The maximum absolute atomic E-state index is 11.5. The van der Waals surface area contributed by atoms with Crippen molar-refractivity contribution in [3.05, 3.63) is 34.9 Å². The molecule has 1 saturated carbocycles. The third-order valence-corrected chi connectivity index (χ3v) is 6.00. The van der Waals surface area contributed by atoms with Gasteiger partial charge in [-0.2, -0.15) is 11.8 Å². The van der Waals surface area contributed by atoms with Crippen LogP contribution >= 0.6 is 23.4 Å². The largest absolute Gasteiger partial charge is 0.469 e. The molecule has 0 aromatic heterocycles. The van der Waals surface area contributed by atoms with Gasteiger partial charge in [-0.25, -0.2) is 0 Å². The number of methoxy groups -OCH3 is 1. The quantitative estimate of drug-likeness (QED) is 0.774. The molecular formula is C16H22ClNO2S. The van der Waals surface area contributed by atoms with Gasteiger partial charge in [0.15, 0.2) is 0 Å². The maximum atomic E-state index is 11.5. The summed E-state index contributed by atoms with van der Waals surface area (Å²) in [5.41, 5.74) is 7.40. The van der Waals surface area contributed by atoms with Crippen molar-refractivity contribution in [2.24, 2.45) is 11.1 Å². The molecule has 1 aliphatic carbocycles. The van der Waals surface area contributed by atoms with E-state index in [1.807, 2.05) is 36.9 Å². The zero-order chi connectivity index (χ0) is 15.5. The molecule has 0 amide bonds. The number of carbonyl (C=O) groups excluding carboxylic acids is 1. The van der Waals surface area contributed by atoms with Gasteiger partial charge in [0.2, 0.25) is 0 Å². The molecule has 0 spiro atoms. The summed E-state index contributed by atoms with van der Waals surface area (Å²) in [7, 11) is 1.45. The average molecular weight is 328 g/mol. The Bertz CT molecular complexity index is 503. The number of ether oxygens (including phenoxy) is 1. The first kappa shape index (κ1) is 16.7. The van der Waals surface area contributed by atoms with Gasteiger partial charge in [-0.15, -0.1) is 0 Å². The summed E-state index contributed by atoms with van der Waals surface area (Å²) in [5.74, 6) is 0.814. The number of esters is 1. The van der Waals surface area contributed by atoms with Gasteiger partial charge in [0.1, 0.15) is 0 Å². The molecule has 2 unspecified atom stereocenters. The molecule has 21 heavy (non-hydrogen) atoms. The number of hydrogen-bond acceptors (Lipinski definition) is 4. The molecule has 1 aromatic carbocycles. The van der Waals surface area contributed by atoms with Crippen LogP contribution in [0, 0.1) is 5.41 Å². The Labute approximate surface area is 135 Å². The minimum Gasteiger partial charge on any atom is -0.469 e. The van der Waals surface area contributed by atoms with Gasteiger partial charge in [0, 0.05) is 22.1 Å². The summed E-state index contributed by atoms with van der Waals surface area (Å²) in [6.07, 6.45) is 2.70. The highest BCUT2D eigenvalue weighted by Crippen LogP contribution is 2.53. The molecule has 3 nitrogen and oxygen atoms in total. The highest BCUT2D eigenvalue weighted by Gasteiger charge is 2.45. The van der Waals surface area contributed by atoms with Crippen LogP contribution in [0.25, 0.3) is 0 Å². The number of thioether (sulfide) groups is 1. The standard InChI is InChI=1S/C16H22ClNO2S/c1-11(18)15(12-4-3-5-13(17)8-12)21-10-16(6-7-16)9-14(19)20-2/h3-5,8,11,15H,6-7,9-10,18H2,1-2H3. The van der Waals surface area contributed by atoms with E-state index in [2.05, 4.69) is 6.07 Å². The topological polar surface area (TPSA) is 52.3 Å². The highest BCUT2D eigenvalue weighted by atomic mass is 35.5. The van der Waals surface area contributed by atoms with Gasteiger partial charge >= 0.3 is 5.97 Å². The SMILES string of the molecule is COC(=O)CC1(CSC(c2cccc(Cl)c2)C(C)N)CC1. The lowest BCUT2D eigenvalue weighted by atomic mass is 10.1. The minimum atomic E-state index is -0.117. The van der Waals surface area contributed by atoms with E-state index >= 15 is 0 Å². The molecule has 1 aliphatic rings. The Morgan fingerprint density at radius 3 is 2.76 bits per heavy atom. The second-order valence-corrected chi connectivity index (χ2v) is 7.46. The normalized spacial score (nSPS) is 18.9. The number of benzene rings is 1. The van der Waals surface area contributed by atoms with Crippen molar-refractivity contribution >= 4 is 29.3 Å². The molecule has 1 fully saturated rings. The second-order valence-electron chi connectivity index (χ2n) is 5.90. The molecule has 1 aromatic rings. The molecule has 0 heterocycles. The maximum Gasteiger partial charge on any atom is 0.306 e. The van der Waals surface area contributed by atoms with E-state index in [1.165, 1.54) is 7.11 Å². The van der Waals surface area contributed by atoms with Crippen molar-refractivity contribution < 1.29 is 9.53 Å². The van der Waals surface area contributed by atoms with E-state index in [0.717, 1.165) is 29.2 Å². The Morgan fingerprint density at radius 2 is 2.24 bits per heavy atom. The number of carbonyl (C=O) groups is 1. The van der Waals surface area contributed by atoms with Crippen molar-refractivity contribution in [1.82, 2.24) is 0 Å². The lowest BCUT2D eigenvalue weighted by Gasteiger charge is -2.23. The lowest BCUT2D eigenvalue weighted by molar-refractivity contribution is -0.141. The monoisotopic (exact) mass is 327 g/mol. The first-order valence-electron chi connectivity index (χ1n) is 7.15. The molecular weight excluding hydrogens is 306 g/mol. The van der Waals surface area contributed by atoms with Gasteiger partial charge in [0.25, 0.3) is 0 Å². The van der Waals surface area contributed by atoms with Crippen LogP contribution in [0.15, 0.2) is 24.3 Å². The van der Waals surface area contributed by atoms with E-state index in [4.69, 9.17) is 22.1 Å². The summed E-state index contributed by atoms with van der Waals surface area (Å²) < 4.78 is 4.79. The predicted octanol–water partition coefficient (Wildman–Crippen LogP) is 3.80. The van der Waals surface area contributed by atoms with E-state index < -0.39 is 0 Å². The summed E-state index contributed by atoms with van der Waals surface area (Å²) in [5, 5.41) is 0.924. The Morgan fingerprint density at radius 1 is 1.52 bits per heavy atom. The fourth-order valence-electron chi connectivity index (χ4n) is 2.43. The molecule has 0 bridgehead atoms. The predicted molar refractivity (Wildman–Crippen MR) is 88.6 cm³/mol. The molecule has 5 heteroatoms. The van der Waals surface area contributed by atoms with Crippen molar-refractivity contribution in [3.63, 3.8) is 0 Å². The third kappa shape index (κ3) is 4.63. The zero-order valence-electron chi connectivity index (χ0n) is 12.5. The second kappa shape index (κ2) is 7.03. The van der Waals surface area contributed by atoms with E-state index in [9.17, 15) is 4.79 Å². The summed E-state index contributed by atoms with van der Waals surface area (Å²) in [6.45, 7) is 2.01. The summed E-state index contributed by atoms with van der Waals surface area (Å²) in [4.78, 5) is 11.5. The molecule has 2 atom stereocenters. The molecule has 0 saturated heterocycles. The Balaban J connectivity index is 2.00. The van der Waals surface area contributed by atoms with Crippen molar-refractivity contribution in [1.29, 1.82) is 0 Å². The van der Waals surface area contributed by atoms with Crippen LogP contribution in [-0.2, 0) is 9.53 Å². The van der Waals surface area contributed by atoms with Crippen molar-refractivity contribution in [3.8, 4) is 0 Å². The van der Waals surface area contributed by atoms with Crippen LogP contribution in [0.2, 0.25) is 5.02 Å². The number of halogens is 1. The number of nitrogens with two attached hydrogens (primary N) is 1. The Kier molecular flexibility index (Phi) is 5.58. The fraction of sp³-hybridized carbons (Fsp3) is 0.562. The van der Waals surface area contributed by atoms with Gasteiger partial charge < -0.3 is 10.5 Å². The number of hydrogen-bond donors (Lipinski definition) is 1. The molecule has 2 N–H and O–H groups in total. The lowest BCUT2D eigenvalue weighted by Crippen LogP contribution is -2.24. The number of rotatable bonds is 7. The van der Waals surface area contributed by atoms with Crippen LogP contribution in [0.3, 0.4) is 0 Å². The zero-order valence-corrected chi connectivity index (χ0v) is 14.0. The molecule has 0 radical (unpaired) electrons. The van der Waals surface area contributed by atoms with E-state index in [1.54, 1.807) is 0 Å². The van der Waals surface area contributed by atoms with E-state index in [-0.39, 0.29) is 22.7 Å². The third-order valence-electron chi connectivity index (χ3n) is 3.93. The van der Waals surface area contributed by atoms with Crippen LogP contribution in [0.4, 0.5) is 0 Å². The van der Waals surface area contributed by atoms with Crippen molar-refractivity contribution in [2.45, 2.75) is 37.5 Å². The first-order valence-corrected chi connectivity index (χ1v) is 8.58. The van der Waals surface area contributed by atoms with Crippen LogP contribution < -0.4 is 5.73 Å². The first-order chi connectivity index (χ1) is 9.96. The van der Waals surface area contributed by atoms with Gasteiger partial charge in [-0.1, -0.05) is 23.7 Å². The summed E-state index contributed by atoms with van der Waals surface area (Å²) >= 11 is 7.89. The van der Waals surface area contributed by atoms with Crippen molar-refractivity contribution in [2.75, 3.05) is 12.9 Å². The van der Waals surface area contributed by atoms with E-state index in [0.29, 0.717) is 6.42 Å². The van der Waals surface area contributed by atoms with Gasteiger partial charge in [-0.05, 0) is 42.9 Å². The Hall–Kier alpha value is -0.710. The van der Waals surface area contributed by atoms with Gasteiger partial charge in [0.05, 0.1) is 13.5 Å².